The number of nitrogens with zero attached hydrogens (tertiary/aromatic N) is 3. The van der Waals surface area contributed by atoms with Gasteiger partial charge < -0.3 is 24.6 Å². The van der Waals surface area contributed by atoms with Gasteiger partial charge in [0.2, 0.25) is 15.9 Å². The number of likely N-dealkylation sites (tertiary alicyclic amines) is 1. The van der Waals surface area contributed by atoms with Gasteiger partial charge in [0, 0.05) is 49.9 Å². The summed E-state index contributed by atoms with van der Waals surface area (Å²) in [5, 5.41) is 3.57. The molecule has 2 aromatic carbocycles. The first-order chi connectivity index (χ1) is 18.8. The molecule has 210 valence electrons. The van der Waals surface area contributed by atoms with Gasteiger partial charge >= 0.3 is 0 Å². The number of nitrogens with one attached hydrogen (secondary N) is 1. The lowest BCUT2D eigenvalue weighted by Crippen LogP contribution is -2.44. The first-order valence-electron chi connectivity index (χ1n) is 13.2. The van der Waals surface area contributed by atoms with Gasteiger partial charge in [-0.05, 0) is 55.3 Å². The predicted molar refractivity (Wildman–Crippen MR) is 148 cm³/mol. The van der Waals surface area contributed by atoms with E-state index in [1.807, 2.05) is 0 Å². The average molecular weight is 577 g/mol. The van der Waals surface area contributed by atoms with Crippen molar-refractivity contribution >= 4 is 44.8 Å². The summed E-state index contributed by atoms with van der Waals surface area (Å²) in [5.41, 5.74) is 1.71. The Kier molecular flexibility index (Phi) is 8.73. The topological polar surface area (TPSA) is 108 Å². The van der Waals surface area contributed by atoms with Gasteiger partial charge in [-0.25, -0.2) is 8.42 Å². The van der Waals surface area contributed by atoms with Gasteiger partial charge in [0.25, 0.3) is 5.91 Å². The van der Waals surface area contributed by atoms with E-state index in [9.17, 15) is 18.0 Å². The van der Waals surface area contributed by atoms with Crippen molar-refractivity contribution in [1.82, 2.24) is 9.21 Å². The molecule has 0 aliphatic carbocycles. The van der Waals surface area contributed by atoms with E-state index < -0.39 is 15.9 Å². The molecule has 2 amide bonds. The Bertz CT molecular complexity index is 1290. The van der Waals surface area contributed by atoms with E-state index in [1.54, 1.807) is 47.4 Å². The molecule has 10 nitrogen and oxygen atoms in total. The van der Waals surface area contributed by atoms with E-state index in [1.165, 1.54) is 4.31 Å². The minimum atomic E-state index is -3.75. The molecule has 1 N–H and O–H groups in total. The van der Waals surface area contributed by atoms with Gasteiger partial charge in [0.1, 0.15) is 0 Å². The van der Waals surface area contributed by atoms with Gasteiger partial charge in [-0.3, -0.25) is 9.59 Å². The Hall–Kier alpha value is -2.70. The molecule has 0 spiro atoms. The quantitative estimate of drug-likeness (QED) is 0.563. The van der Waals surface area contributed by atoms with Crippen LogP contribution < -0.4 is 10.2 Å². The molecule has 0 aromatic heterocycles. The second-order valence-electron chi connectivity index (χ2n) is 9.88. The molecule has 5 rings (SSSR count). The smallest absolute Gasteiger partial charge is 0.253 e. The van der Waals surface area contributed by atoms with Crippen LogP contribution >= 0.6 is 11.6 Å². The van der Waals surface area contributed by atoms with Crippen LogP contribution in [0.5, 0.6) is 0 Å². The second-order valence-corrected chi connectivity index (χ2v) is 12.3. The van der Waals surface area contributed by atoms with E-state index in [2.05, 4.69) is 10.2 Å². The molecule has 2 aromatic rings. The van der Waals surface area contributed by atoms with E-state index in [0.29, 0.717) is 75.2 Å². The summed E-state index contributed by atoms with van der Waals surface area (Å²) < 4.78 is 38.9. The van der Waals surface area contributed by atoms with Crippen molar-refractivity contribution in [2.45, 2.75) is 17.7 Å². The standard InChI is InChI=1S/C27H33ClN4O6S/c28-22-5-3-20(4-6-22)27(34)31-9-1-2-21(19-31)26(33)29-24-18-23(39(35,36)32-12-16-38-17-13-32)7-8-25(24)30-10-14-37-15-11-30/h3-8,18,21H,1-2,9-17,19H2,(H,29,33)/t21-/m1/s1. The summed E-state index contributed by atoms with van der Waals surface area (Å²) in [4.78, 5) is 30.5. The Morgan fingerprint density at radius 2 is 1.56 bits per heavy atom. The molecule has 39 heavy (non-hydrogen) atoms. The Labute approximate surface area is 233 Å². The zero-order valence-electron chi connectivity index (χ0n) is 21.7. The third kappa shape index (κ3) is 6.38. The fraction of sp³-hybridized carbons (Fsp3) is 0.481. The summed E-state index contributed by atoms with van der Waals surface area (Å²) in [6, 6.07) is 11.6. The van der Waals surface area contributed by atoms with Crippen LogP contribution in [0.25, 0.3) is 0 Å². The SMILES string of the molecule is O=C(Nc1cc(S(=O)(=O)N2CCOCC2)ccc1N1CCOCC1)[C@@H]1CCCN(C(=O)c2ccc(Cl)cc2)C1. The molecule has 3 aliphatic rings. The van der Waals surface area contributed by atoms with Crippen molar-refractivity contribution in [2.75, 3.05) is 75.9 Å². The summed E-state index contributed by atoms with van der Waals surface area (Å²) in [7, 11) is -3.75. The number of halogens is 1. The summed E-state index contributed by atoms with van der Waals surface area (Å²) in [6.45, 7) is 4.48. The number of rotatable bonds is 6. The summed E-state index contributed by atoms with van der Waals surface area (Å²) in [6.07, 6.45) is 1.33. The fourth-order valence-corrected chi connectivity index (χ4v) is 6.74. The van der Waals surface area contributed by atoms with Crippen molar-refractivity contribution in [3.8, 4) is 0 Å². The first kappa shape index (κ1) is 27.9. The lowest BCUT2D eigenvalue weighted by molar-refractivity contribution is -0.121. The van der Waals surface area contributed by atoms with Crippen molar-refractivity contribution in [3.63, 3.8) is 0 Å². The number of hydrogen-bond acceptors (Lipinski definition) is 7. The molecule has 3 heterocycles. The van der Waals surface area contributed by atoms with Crippen molar-refractivity contribution in [2.24, 2.45) is 5.92 Å². The van der Waals surface area contributed by atoms with Gasteiger partial charge in [-0.15, -0.1) is 0 Å². The highest BCUT2D eigenvalue weighted by molar-refractivity contribution is 7.89. The largest absolute Gasteiger partial charge is 0.379 e. The van der Waals surface area contributed by atoms with Gasteiger partial charge in [-0.1, -0.05) is 11.6 Å². The second kappa shape index (κ2) is 12.2. The Morgan fingerprint density at radius 3 is 2.26 bits per heavy atom. The maximum Gasteiger partial charge on any atom is 0.253 e. The summed E-state index contributed by atoms with van der Waals surface area (Å²) >= 11 is 5.96. The third-order valence-electron chi connectivity index (χ3n) is 7.36. The lowest BCUT2D eigenvalue weighted by atomic mass is 9.96. The monoisotopic (exact) mass is 576 g/mol. The molecule has 3 fully saturated rings. The van der Waals surface area contributed by atoms with Gasteiger partial charge in [0.15, 0.2) is 0 Å². The molecular weight excluding hydrogens is 544 g/mol. The maximum atomic E-state index is 13.5. The van der Waals surface area contributed by atoms with E-state index in [0.717, 1.165) is 5.69 Å². The number of hydrogen-bond donors (Lipinski definition) is 1. The number of benzene rings is 2. The number of anilines is 2. The first-order valence-corrected chi connectivity index (χ1v) is 15.0. The number of carbonyl (C=O) groups is 2. The molecule has 0 radical (unpaired) electrons. The molecular formula is C27H33ClN4O6S. The lowest BCUT2D eigenvalue weighted by Gasteiger charge is -2.34. The van der Waals surface area contributed by atoms with Crippen LogP contribution in [0.15, 0.2) is 47.4 Å². The predicted octanol–water partition coefficient (Wildman–Crippen LogP) is 2.69. The molecule has 0 bridgehead atoms. The highest BCUT2D eigenvalue weighted by Crippen LogP contribution is 2.32. The fourth-order valence-electron chi connectivity index (χ4n) is 5.18. The number of sulfonamides is 1. The minimum Gasteiger partial charge on any atom is -0.379 e. The molecule has 1 atom stereocenters. The minimum absolute atomic E-state index is 0.125. The number of carbonyl (C=O) groups excluding carboxylic acids is 2. The molecule has 0 saturated carbocycles. The molecule has 0 unspecified atom stereocenters. The normalized spacial score (nSPS) is 21.0. The number of piperidine rings is 1. The number of morpholine rings is 2. The van der Waals surface area contributed by atoms with Crippen LogP contribution in [-0.4, -0.2) is 95.1 Å². The van der Waals surface area contributed by atoms with Crippen molar-refractivity contribution < 1.29 is 27.5 Å². The summed E-state index contributed by atoms with van der Waals surface area (Å²) in [5.74, 6) is -0.803. The maximum absolute atomic E-state index is 13.5. The van der Waals surface area contributed by atoms with E-state index >= 15 is 0 Å². The molecule has 12 heteroatoms. The highest BCUT2D eigenvalue weighted by atomic mass is 35.5. The van der Waals surface area contributed by atoms with Crippen LogP contribution in [-0.2, 0) is 24.3 Å². The Morgan fingerprint density at radius 1 is 0.897 bits per heavy atom. The highest BCUT2D eigenvalue weighted by Gasteiger charge is 2.31. The van der Waals surface area contributed by atoms with Crippen LogP contribution in [0.4, 0.5) is 11.4 Å². The molecule has 3 saturated heterocycles. The van der Waals surface area contributed by atoms with Crippen LogP contribution in [0, 0.1) is 5.92 Å². The van der Waals surface area contributed by atoms with Crippen LogP contribution in [0.2, 0.25) is 5.02 Å². The van der Waals surface area contributed by atoms with Crippen LogP contribution in [0.3, 0.4) is 0 Å². The third-order valence-corrected chi connectivity index (χ3v) is 9.50. The van der Waals surface area contributed by atoms with E-state index in [-0.39, 0.29) is 36.3 Å². The molecule has 3 aliphatic heterocycles. The number of ether oxygens (including phenoxy) is 2. The Balaban J connectivity index is 1.36. The van der Waals surface area contributed by atoms with Gasteiger partial charge in [0.05, 0.1) is 48.6 Å². The van der Waals surface area contributed by atoms with Crippen LogP contribution in [0.1, 0.15) is 23.2 Å². The zero-order valence-corrected chi connectivity index (χ0v) is 23.3. The van der Waals surface area contributed by atoms with Crippen molar-refractivity contribution in [3.05, 3.63) is 53.1 Å². The van der Waals surface area contributed by atoms with Crippen molar-refractivity contribution in [1.29, 1.82) is 0 Å². The van der Waals surface area contributed by atoms with Gasteiger partial charge in [-0.2, -0.15) is 4.31 Å². The zero-order chi connectivity index (χ0) is 27.4. The average Bonchev–Trinajstić information content (AvgIpc) is 2.98. The number of amides is 2. The van der Waals surface area contributed by atoms with E-state index in [4.69, 9.17) is 21.1 Å².